The van der Waals surface area contributed by atoms with Crippen LogP contribution in [0.15, 0.2) is 23.8 Å². The molecule has 1 aliphatic carbocycles. The first-order valence-electron chi connectivity index (χ1n) is 12.2. The molecule has 11 nitrogen and oxygen atoms in total. The minimum atomic E-state index is -1.63. The van der Waals surface area contributed by atoms with Gasteiger partial charge in [0.1, 0.15) is 31.0 Å². The van der Waals surface area contributed by atoms with Gasteiger partial charge in [0, 0.05) is 6.42 Å². The van der Waals surface area contributed by atoms with E-state index in [1.807, 2.05) is 6.92 Å². The maximum Gasteiger partial charge on any atom is 0.338 e. The molecule has 0 radical (unpaired) electrons. The highest BCUT2D eigenvalue weighted by molar-refractivity contribution is 5.92. The Labute approximate surface area is 214 Å². The smallest absolute Gasteiger partial charge is 0.338 e. The van der Waals surface area contributed by atoms with Gasteiger partial charge in [0.2, 0.25) is 0 Å². The minimum Gasteiger partial charge on any atom is -0.504 e. The quantitative estimate of drug-likeness (QED) is 0.214. The van der Waals surface area contributed by atoms with Crippen molar-refractivity contribution in [1.29, 1.82) is 0 Å². The molecule has 37 heavy (non-hydrogen) atoms. The first-order chi connectivity index (χ1) is 17.2. The zero-order valence-electron chi connectivity index (χ0n) is 21.3. The molecule has 1 aromatic carbocycles. The molecular formula is C26H36O11. The summed E-state index contributed by atoms with van der Waals surface area (Å²) in [5, 5.41) is 59.6. The molecule has 0 saturated carbocycles. The van der Waals surface area contributed by atoms with Crippen LogP contribution >= 0.6 is 0 Å². The lowest BCUT2D eigenvalue weighted by atomic mass is 9.66. The average Bonchev–Trinajstić information content (AvgIpc) is 2.80. The molecule has 3 rings (SSSR count). The lowest BCUT2D eigenvalue weighted by Crippen LogP contribution is -2.59. The lowest BCUT2D eigenvalue weighted by molar-refractivity contribution is -0.310. The van der Waals surface area contributed by atoms with E-state index in [2.05, 4.69) is 13.8 Å². The third kappa shape index (κ3) is 6.60. The summed E-state index contributed by atoms with van der Waals surface area (Å²) in [6.45, 7) is 7.29. The predicted molar refractivity (Wildman–Crippen MR) is 129 cm³/mol. The van der Waals surface area contributed by atoms with E-state index >= 15 is 0 Å². The fourth-order valence-corrected chi connectivity index (χ4v) is 5.04. The van der Waals surface area contributed by atoms with Crippen molar-refractivity contribution >= 4 is 11.8 Å². The normalized spacial score (nSPS) is 30.5. The molecule has 2 aliphatic rings. The van der Waals surface area contributed by atoms with E-state index in [-0.39, 0.29) is 22.7 Å². The van der Waals surface area contributed by atoms with Crippen molar-refractivity contribution in [3.05, 3.63) is 29.3 Å². The summed E-state index contributed by atoms with van der Waals surface area (Å²) < 4.78 is 16.5. The molecule has 206 valence electrons. The fourth-order valence-electron chi connectivity index (χ4n) is 5.04. The second kappa shape index (κ2) is 11.4. The highest BCUT2D eigenvalue weighted by Gasteiger charge is 2.45. The van der Waals surface area contributed by atoms with E-state index in [1.54, 1.807) is 13.0 Å². The van der Waals surface area contributed by atoms with Gasteiger partial charge in [-0.15, -0.1) is 0 Å². The summed E-state index contributed by atoms with van der Waals surface area (Å²) in [5.41, 5.74) is 0.548. The molecule has 0 unspecified atom stereocenters. The second-order valence-corrected chi connectivity index (χ2v) is 10.6. The number of ketones is 1. The fraction of sp³-hybridized carbons (Fsp3) is 0.615. The van der Waals surface area contributed by atoms with Gasteiger partial charge < -0.3 is 44.8 Å². The number of phenolic OH excluding ortho intramolecular Hbond substituents is 3. The standard InChI is InChI=1S/C26H36O11/c1-12-7-15(27)10-26(3,4)16(12)6-5-13(2)36-25-23(33)22(32)21(31)19(37-25)11-35-24(34)14-8-17(28)20(30)18(29)9-14/h7-9,13,16,19,21-23,25,28-33H,5-6,10-11H2,1-4H3/t13-,16+,19+,21-,22-,23-,25-/m1/s1. The third-order valence-electron chi connectivity index (χ3n) is 7.09. The van der Waals surface area contributed by atoms with Crippen LogP contribution in [0.5, 0.6) is 17.2 Å². The summed E-state index contributed by atoms with van der Waals surface area (Å²) in [4.78, 5) is 24.2. The first kappa shape index (κ1) is 28.9. The molecule has 1 fully saturated rings. The molecule has 7 atom stereocenters. The van der Waals surface area contributed by atoms with Crippen molar-refractivity contribution < 1.29 is 54.4 Å². The van der Waals surface area contributed by atoms with Gasteiger partial charge in [0.05, 0.1) is 11.7 Å². The van der Waals surface area contributed by atoms with Crippen molar-refractivity contribution in [1.82, 2.24) is 0 Å². The number of carbonyl (C=O) groups excluding carboxylic acids is 2. The summed E-state index contributed by atoms with van der Waals surface area (Å²) in [6.07, 6.45) is -4.29. The number of aromatic hydroxyl groups is 3. The molecule has 0 aromatic heterocycles. The van der Waals surface area contributed by atoms with Gasteiger partial charge >= 0.3 is 5.97 Å². The highest BCUT2D eigenvalue weighted by Crippen LogP contribution is 2.42. The van der Waals surface area contributed by atoms with E-state index in [4.69, 9.17) is 14.2 Å². The Kier molecular flexibility index (Phi) is 8.86. The van der Waals surface area contributed by atoms with E-state index in [0.717, 1.165) is 24.1 Å². The van der Waals surface area contributed by atoms with Crippen LogP contribution in [-0.4, -0.2) is 85.8 Å². The maximum atomic E-state index is 12.3. The number of rotatable bonds is 8. The number of carbonyl (C=O) groups is 2. The molecule has 0 bridgehead atoms. The van der Waals surface area contributed by atoms with Gasteiger partial charge in [0.15, 0.2) is 29.3 Å². The summed E-state index contributed by atoms with van der Waals surface area (Å²) in [7, 11) is 0. The molecule has 11 heteroatoms. The van der Waals surface area contributed by atoms with Gasteiger partial charge in [-0.05, 0) is 56.2 Å². The van der Waals surface area contributed by atoms with E-state index in [0.29, 0.717) is 12.8 Å². The number of esters is 1. The Morgan fingerprint density at radius 1 is 1.11 bits per heavy atom. The topological polar surface area (TPSA) is 183 Å². The molecular weight excluding hydrogens is 488 g/mol. The Balaban J connectivity index is 1.59. The van der Waals surface area contributed by atoms with Crippen LogP contribution in [0.2, 0.25) is 0 Å². The van der Waals surface area contributed by atoms with Crippen molar-refractivity contribution in [3.63, 3.8) is 0 Å². The molecule has 1 aromatic rings. The largest absolute Gasteiger partial charge is 0.504 e. The van der Waals surface area contributed by atoms with Crippen molar-refractivity contribution in [2.75, 3.05) is 6.61 Å². The van der Waals surface area contributed by atoms with Gasteiger partial charge in [-0.3, -0.25) is 4.79 Å². The first-order valence-corrected chi connectivity index (χ1v) is 12.2. The number of hydrogen-bond donors (Lipinski definition) is 6. The number of aliphatic hydroxyl groups excluding tert-OH is 3. The summed E-state index contributed by atoms with van der Waals surface area (Å²) in [6, 6.07) is 1.78. The van der Waals surface area contributed by atoms with Crippen LogP contribution in [0.25, 0.3) is 0 Å². The molecule has 1 saturated heterocycles. The van der Waals surface area contributed by atoms with E-state index in [9.17, 15) is 40.2 Å². The number of hydrogen-bond acceptors (Lipinski definition) is 11. The average molecular weight is 525 g/mol. The van der Waals surface area contributed by atoms with Crippen LogP contribution in [0, 0.1) is 11.3 Å². The van der Waals surface area contributed by atoms with Gasteiger partial charge in [-0.2, -0.15) is 0 Å². The summed E-state index contributed by atoms with van der Waals surface area (Å²) >= 11 is 0. The molecule has 6 N–H and O–H groups in total. The minimum absolute atomic E-state index is 0.111. The zero-order valence-corrected chi connectivity index (χ0v) is 21.3. The number of ether oxygens (including phenoxy) is 3. The summed E-state index contributed by atoms with van der Waals surface area (Å²) in [5.74, 6) is -2.95. The van der Waals surface area contributed by atoms with Gasteiger partial charge in [0.25, 0.3) is 0 Å². The number of phenols is 3. The molecule has 0 spiro atoms. The highest BCUT2D eigenvalue weighted by atomic mass is 16.7. The number of aliphatic hydroxyl groups is 3. The number of allylic oxidation sites excluding steroid dienone is 2. The van der Waals surface area contributed by atoms with Crippen LogP contribution < -0.4 is 0 Å². The molecule has 0 amide bonds. The second-order valence-electron chi connectivity index (χ2n) is 10.6. The Bertz CT molecular complexity index is 1010. The zero-order chi connectivity index (χ0) is 27.7. The van der Waals surface area contributed by atoms with Crippen LogP contribution in [0.4, 0.5) is 0 Å². The van der Waals surface area contributed by atoms with E-state index < -0.39 is 66.6 Å². The van der Waals surface area contributed by atoms with E-state index in [1.165, 1.54) is 0 Å². The van der Waals surface area contributed by atoms with Crippen molar-refractivity contribution in [3.8, 4) is 17.2 Å². The van der Waals surface area contributed by atoms with Crippen LogP contribution in [0.3, 0.4) is 0 Å². The van der Waals surface area contributed by atoms with Crippen LogP contribution in [-0.2, 0) is 19.0 Å². The van der Waals surface area contributed by atoms with Crippen LogP contribution in [0.1, 0.15) is 57.3 Å². The SMILES string of the molecule is CC1=CC(=O)CC(C)(C)[C@H]1CC[C@@H](C)O[C@@H]1O[C@@H](COC(=O)c2cc(O)c(O)c(O)c2)[C@@H](O)[C@@H](O)[C@H]1O. The third-order valence-corrected chi connectivity index (χ3v) is 7.09. The Morgan fingerprint density at radius 3 is 2.32 bits per heavy atom. The maximum absolute atomic E-state index is 12.3. The Morgan fingerprint density at radius 2 is 1.73 bits per heavy atom. The number of benzene rings is 1. The lowest BCUT2D eigenvalue weighted by Gasteiger charge is -2.41. The van der Waals surface area contributed by atoms with Gasteiger partial charge in [-0.25, -0.2) is 4.79 Å². The van der Waals surface area contributed by atoms with Gasteiger partial charge in [-0.1, -0.05) is 19.4 Å². The Hall–Kier alpha value is -2.70. The van der Waals surface area contributed by atoms with Crippen molar-refractivity contribution in [2.45, 2.75) is 83.8 Å². The molecule has 1 aliphatic heterocycles. The molecule has 1 heterocycles. The predicted octanol–water partition coefficient (Wildman–Crippen LogP) is 1.51. The monoisotopic (exact) mass is 524 g/mol. The van der Waals surface area contributed by atoms with Crippen molar-refractivity contribution in [2.24, 2.45) is 11.3 Å².